The standard InChI is InChI=1S/C13H18FNO/c1-16-11-8-6-10(7-9-11)15-13-5-3-2-4-12(13)14/h6-9,12-13,15H,2-5H2,1H3/t12-,13-/m0/s1. The van der Waals surface area contributed by atoms with Crippen molar-refractivity contribution in [2.75, 3.05) is 12.4 Å². The first-order valence-corrected chi connectivity index (χ1v) is 5.84. The highest BCUT2D eigenvalue weighted by Gasteiger charge is 2.24. The van der Waals surface area contributed by atoms with Crippen LogP contribution >= 0.6 is 0 Å². The summed E-state index contributed by atoms with van der Waals surface area (Å²) in [5.74, 6) is 0.825. The number of ether oxygens (including phenoxy) is 1. The van der Waals surface area contributed by atoms with Gasteiger partial charge in [-0.25, -0.2) is 4.39 Å². The van der Waals surface area contributed by atoms with Crippen LogP contribution in [0.2, 0.25) is 0 Å². The molecule has 0 spiro atoms. The lowest BCUT2D eigenvalue weighted by Gasteiger charge is -2.27. The van der Waals surface area contributed by atoms with Crippen molar-refractivity contribution in [3.63, 3.8) is 0 Å². The van der Waals surface area contributed by atoms with Gasteiger partial charge < -0.3 is 10.1 Å². The third-order valence-corrected chi connectivity index (χ3v) is 3.12. The van der Waals surface area contributed by atoms with E-state index in [1.807, 2.05) is 24.3 Å². The summed E-state index contributed by atoms with van der Waals surface area (Å²) in [5.41, 5.74) is 0.968. The van der Waals surface area contributed by atoms with Crippen LogP contribution in [0.1, 0.15) is 25.7 Å². The van der Waals surface area contributed by atoms with Gasteiger partial charge in [-0.15, -0.1) is 0 Å². The number of rotatable bonds is 3. The molecule has 3 heteroatoms. The number of benzene rings is 1. The lowest BCUT2D eigenvalue weighted by molar-refractivity contribution is 0.230. The molecule has 2 atom stereocenters. The molecule has 0 saturated heterocycles. The average molecular weight is 223 g/mol. The summed E-state index contributed by atoms with van der Waals surface area (Å²) < 4.78 is 18.7. The number of methoxy groups -OCH3 is 1. The van der Waals surface area contributed by atoms with Crippen LogP contribution in [0.5, 0.6) is 5.75 Å². The van der Waals surface area contributed by atoms with E-state index in [2.05, 4.69) is 5.32 Å². The molecule has 0 aliphatic heterocycles. The minimum atomic E-state index is -0.712. The molecule has 0 aromatic heterocycles. The summed E-state index contributed by atoms with van der Waals surface area (Å²) in [5, 5.41) is 3.25. The van der Waals surface area contributed by atoms with E-state index in [-0.39, 0.29) is 6.04 Å². The number of hydrogen-bond donors (Lipinski definition) is 1. The number of halogens is 1. The van der Waals surface area contributed by atoms with Crippen molar-refractivity contribution >= 4 is 5.69 Å². The average Bonchev–Trinajstić information content (AvgIpc) is 2.33. The summed E-state index contributed by atoms with van der Waals surface area (Å²) >= 11 is 0. The summed E-state index contributed by atoms with van der Waals surface area (Å²) in [6.07, 6.45) is 3.04. The molecule has 1 aromatic carbocycles. The number of nitrogens with one attached hydrogen (secondary N) is 1. The van der Waals surface area contributed by atoms with Gasteiger partial charge in [0.05, 0.1) is 13.2 Å². The van der Waals surface area contributed by atoms with Crippen LogP contribution in [0.15, 0.2) is 24.3 Å². The molecule has 0 amide bonds. The fourth-order valence-corrected chi connectivity index (χ4v) is 2.15. The Kier molecular flexibility index (Phi) is 3.65. The van der Waals surface area contributed by atoms with Crippen LogP contribution in [-0.2, 0) is 0 Å². The minimum absolute atomic E-state index is 0.0258. The molecule has 1 aliphatic rings. The lowest BCUT2D eigenvalue weighted by Crippen LogP contribution is -2.33. The van der Waals surface area contributed by atoms with Crippen LogP contribution < -0.4 is 10.1 Å². The zero-order valence-electron chi connectivity index (χ0n) is 9.58. The van der Waals surface area contributed by atoms with Crippen molar-refractivity contribution in [1.82, 2.24) is 0 Å². The third kappa shape index (κ3) is 2.65. The first-order valence-electron chi connectivity index (χ1n) is 5.84. The van der Waals surface area contributed by atoms with E-state index in [4.69, 9.17) is 4.74 Å². The second kappa shape index (κ2) is 5.19. The maximum absolute atomic E-state index is 13.6. The molecular formula is C13H18FNO. The molecule has 16 heavy (non-hydrogen) atoms. The minimum Gasteiger partial charge on any atom is -0.497 e. The number of alkyl halides is 1. The topological polar surface area (TPSA) is 21.3 Å². The van der Waals surface area contributed by atoms with Gasteiger partial charge in [0.25, 0.3) is 0 Å². The molecule has 2 nitrogen and oxygen atoms in total. The van der Waals surface area contributed by atoms with Crippen molar-refractivity contribution in [1.29, 1.82) is 0 Å². The summed E-state index contributed by atoms with van der Waals surface area (Å²) in [4.78, 5) is 0. The summed E-state index contributed by atoms with van der Waals surface area (Å²) in [6.45, 7) is 0. The second-order valence-electron chi connectivity index (χ2n) is 4.28. The largest absolute Gasteiger partial charge is 0.497 e. The Morgan fingerprint density at radius 1 is 1.19 bits per heavy atom. The van der Waals surface area contributed by atoms with E-state index < -0.39 is 6.17 Å². The summed E-state index contributed by atoms with van der Waals surface area (Å²) in [6, 6.07) is 7.61. The lowest BCUT2D eigenvalue weighted by atomic mass is 9.93. The van der Waals surface area contributed by atoms with Gasteiger partial charge in [-0.3, -0.25) is 0 Å². The Morgan fingerprint density at radius 2 is 1.88 bits per heavy atom. The molecule has 2 rings (SSSR count). The quantitative estimate of drug-likeness (QED) is 0.848. The van der Waals surface area contributed by atoms with Crippen LogP contribution in [0.25, 0.3) is 0 Å². The van der Waals surface area contributed by atoms with Gasteiger partial charge in [-0.1, -0.05) is 12.8 Å². The van der Waals surface area contributed by atoms with Gasteiger partial charge in [0.15, 0.2) is 0 Å². The SMILES string of the molecule is COc1ccc(N[C@H]2CCCC[C@@H]2F)cc1. The van der Waals surface area contributed by atoms with Crippen molar-refractivity contribution < 1.29 is 9.13 Å². The van der Waals surface area contributed by atoms with E-state index in [1.165, 1.54) is 0 Å². The first-order chi connectivity index (χ1) is 7.79. The normalized spacial score (nSPS) is 25.1. The van der Waals surface area contributed by atoms with Gasteiger partial charge in [0.1, 0.15) is 11.9 Å². The predicted octanol–water partition coefficient (Wildman–Crippen LogP) is 3.39. The molecule has 88 valence electrons. The predicted molar refractivity (Wildman–Crippen MR) is 63.8 cm³/mol. The van der Waals surface area contributed by atoms with E-state index in [0.29, 0.717) is 6.42 Å². The number of hydrogen-bond acceptors (Lipinski definition) is 2. The Labute approximate surface area is 95.8 Å². The van der Waals surface area contributed by atoms with Crippen LogP contribution in [0.4, 0.5) is 10.1 Å². The Balaban J connectivity index is 1.96. The van der Waals surface area contributed by atoms with Crippen molar-refractivity contribution in [2.24, 2.45) is 0 Å². The summed E-state index contributed by atoms with van der Waals surface area (Å²) in [7, 11) is 1.64. The van der Waals surface area contributed by atoms with Gasteiger partial charge >= 0.3 is 0 Å². The maximum Gasteiger partial charge on any atom is 0.120 e. The van der Waals surface area contributed by atoms with Crippen LogP contribution in [-0.4, -0.2) is 19.3 Å². The van der Waals surface area contributed by atoms with Crippen molar-refractivity contribution in [2.45, 2.75) is 37.9 Å². The van der Waals surface area contributed by atoms with Crippen LogP contribution in [0.3, 0.4) is 0 Å². The van der Waals surface area contributed by atoms with E-state index in [1.54, 1.807) is 7.11 Å². The Bertz CT molecular complexity index is 325. The zero-order chi connectivity index (χ0) is 11.4. The fraction of sp³-hybridized carbons (Fsp3) is 0.538. The highest BCUT2D eigenvalue weighted by molar-refractivity contribution is 5.47. The van der Waals surface area contributed by atoms with Crippen LogP contribution in [0, 0.1) is 0 Å². The fourth-order valence-electron chi connectivity index (χ4n) is 2.15. The molecule has 1 aliphatic carbocycles. The molecule has 0 unspecified atom stereocenters. The molecule has 0 bridgehead atoms. The zero-order valence-corrected chi connectivity index (χ0v) is 9.58. The van der Waals surface area contributed by atoms with Gasteiger partial charge in [-0.2, -0.15) is 0 Å². The van der Waals surface area contributed by atoms with Gasteiger partial charge in [-0.05, 0) is 37.1 Å². The molecule has 1 aromatic rings. The molecule has 0 heterocycles. The first kappa shape index (κ1) is 11.2. The van der Waals surface area contributed by atoms with Crippen molar-refractivity contribution in [3.05, 3.63) is 24.3 Å². The molecule has 0 radical (unpaired) electrons. The molecule has 1 fully saturated rings. The van der Waals surface area contributed by atoms with E-state index in [9.17, 15) is 4.39 Å². The van der Waals surface area contributed by atoms with Gasteiger partial charge in [0.2, 0.25) is 0 Å². The Morgan fingerprint density at radius 3 is 2.50 bits per heavy atom. The second-order valence-corrected chi connectivity index (χ2v) is 4.28. The highest BCUT2D eigenvalue weighted by atomic mass is 19.1. The monoisotopic (exact) mass is 223 g/mol. The van der Waals surface area contributed by atoms with Gasteiger partial charge in [0, 0.05) is 5.69 Å². The van der Waals surface area contributed by atoms with Crippen molar-refractivity contribution in [3.8, 4) is 5.75 Å². The maximum atomic E-state index is 13.6. The Hall–Kier alpha value is -1.25. The van der Waals surface area contributed by atoms with E-state index >= 15 is 0 Å². The third-order valence-electron chi connectivity index (χ3n) is 3.12. The molecular weight excluding hydrogens is 205 g/mol. The highest BCUT2D eigenvalue weighted by Crippen LogP contribution is 2.25. The molecule has 1 saturated carbocycles. The molecule has 1 N–H and O–H groups in total. The van der Waals surface area contributed by atoms with E-state index in [0.717, 1.165) is 30.7 Å². The smallest absolute Gasteiger partial charge is 0.120 e. The number of anilines is 1.